The number of carbonyl (C=O) groups excluding carboxylic acids is 1. The maximum Gasteiger partial charge on any atom is 0.387 e. The Morgan fingerprint density at radius 1 is 1.30 bits per heavy atom. The monoisotopic (exact) mass is 482 g/mol. The number of amides is 1. The van der Waals surface area contributed by atoms with Crippen molar-refractivity contribution in [1.29, 1.82) is 0 Å². The summed E-state index contributed by atoms with van der Waals surface area (Å²) in [6.45, 7) is 6.09. The Morgan fingerprint density at radius 2 is 2.00 bits per heavy atom. The highest BCUT2D eigenvalue weighted by Crippen LogP contribution is 2.38. The number of hydrogen-bond acceptors (Lipinski definition) is 4. The molecule has 0 bridgehead atoms. The smallest absolute Gasteiger partial charge is 0.387 e. The van der Waals surface area contributed by atoms with Crippen LogP contribution >= 0.6 is 11.6 Å². The van der Waals surface area contributed by atoms with Gasteiger partial charge >= 0.3 is 6.61 Å². The maximum atomic E-state index is 13.2. The summed E-state index contributed by atoms with van der Waals surface area (Å²) in [6, 6.07) is 1.51. The van der Waals surface area contributed by atoms with Crippen LogP contribution in [0.15, 0.2) is 12.3 Å². The Hall–Kier alpha value is -2.22. The quantitative estimate of drug-likeness (QED) is 0.477. The average molecular weight is 483 g/mol. The van der Waals surface area contributed by atoms with Crippen molar-refractivity contribution < 1.29 is 18.3 Å². The fraction of sp³-hybridized carbons (Fsp3) is 0.625. The van der Waals surface area contributed by atoms with Gasteiger partial charge in [0, 0.05) is 31.0 Å². The molecule has 2 aromatic heterocycles. The number of nitrogens with zero attached hydrogens (tertiary/aromatic N) is 3. The van der Waals surface area contributed by atoms with E-state index in [-0.39, 0.29) is 27.9 Å². The molecular weight excluding hydrogens is 450 g/mol. The highest BCUT2D eigenvalue weighted by Gasteiger charge is 2.27. The van der Waals surface area contributed by atoms with Crippen LogP contribution in [0.1, 0.15) is 69.6 Å². The van der Waals surface area contributed by atoms with Crippen molar-refractivity contribution in [2.45, 2.75) is 73.0 Å². The molecule has 33 heavy (non-hydrogen) atoms. The predicted molar refractivity (Wildman–Crippen MR) is 125 cm³/mol. The van der Waals surface area contributed by atoms with Crippen molar-refractivity contribution in [3.63, 3.8) is 0 Å². The molecule has 182 valence electrons. The van der Waals surface area contributed by atoms with Crippen LogP contribution in [0.5, 0.6) is 5.75 Å². The first kappa shape index (κ1) is 25.4. The minimum Gasteiger partial charge on any atom is -0.434 e. The SMILES string of the molecule is CCn1nc(C(=O)NCC2CCC(C)CC2)c(Cl)c1-c1cnc(CC(C)C)cc1OC(F)F. The molecule has 0 spiro atoms. The number of carbonyl (C=O) groups is 1. The molecule has 2 heterocycles. The molecule has 0 radical (unpaired) electrons. The van der Waals surface area contributed by atoms with Gasteiger partial charge in [-0.3, -0.25) is 14.5 Å². The molecule has 0 aliphatic heterocycles. The number of ether oxygens (including phenoxy) is 1. The first-order valence-corrected chi connectivity index (χ1v) is 12.1. The first-order chi connectivity index (χ1) is 15.7. The van der Waals surface area contributed by atoms with Gasteiger partial charge in [-0.1, -0.05) is 45.2 Å². The van der Waals surface area contributed by atoms with Crippen LogP contribution in [0, 0.1) is 17.8 Å². The average Bonchev–Trinajstić information content (AvgIpc) is 3.09. The van der Waals surface area contributed by atoms with Crippen molar-refractivity contribution >= 4 is 17.5 Å². The largest absolute Gasteiger partial charge is 0.434 e. The van der Waals surface area contributed by atoms with E-state index in [1.165, 1.54) is 29.8 Å². The predicted octanol–water partition coefficient (Wildman–Crippen LogP) is 5.97. The summed E-state index contributed by atoms with van der Waals surface area (Å²) >= 11 is 6.60. The van der Waals surface area contributed by atoms with E-state index in [9.17, 15) is 13.6 Å². The Balaban J connectivity index is 1.88. The fourth-order valence-corrected chi connectivity index (χ4v) is 4.63. The molecule has 2 aromatic rings. The van der Waals surface area contributed by atoms with Crippen molar-refractivity contribution in [3.8, 4) is 17.0 Å². The van der Waals surface area contributed by atoms with Gasteiger partial charge < -0.3 is 10.1 Å². The molecule has 1 saturated carbocycles. The molecule has 1 fully saturated rings. The van der Waals surface area contributed by atoms with Gasteiger partial charge in [0.2, 0.25) is 0 Å². The van der Waals surface area contributed by atoms with Crippen LogP contribution in [0.4, 0.5) is 8.78 Å². The zero-order valence-corrected chi connectivity index (χ0v) is 20.5. The maximum absolute atomic E-state index is 13.2. The van der Waals surface area contributed by atoms with E-state index in [1.54, 1.807) is 0 Å². The third-order valence-electron chi connectivity index (χ3n) is 6.11. The third kappa shape index (κ3) is 6.43. The molecule has 1 aliphatic carbocycles. The van der Waals surface area contributed by atoms with Gasteiger partial charge in [-0.15, -0.1) is 0 Å². The molecule has 3 rings (SSSR count). The second kappa shape index (κ2) is 11.3. The summed E-state index contributed by atoms with van der Waals surface area (Å²) in [5.74, 6) is 1.08. The first-order valence-electron chi connectivity index (χ1n) is 11.7. The standard InChI is InChI=1S/C24H33ClF2N4O2/c1-5-31-22(18-13-28-17(10-14(2)3)11-19(18)33-24(26)27)20(25)21(30-31)23(32)29-12-16-8-6-15(4)7-9-16/h11,13-16,24H,5-10,12H2,1-4H3,(H,29,32). The summed E-state index contributed by atoms with van der Waals surface area (Å²) in [5, 5.41) is 7.43. The normalized spacial score (nSPS) is 18.7. The van der Waals surface area contributed by atoms with E-state index in [2.05, 4.69) is 22.3 Å². The van der Waals surface area contributed by atoms with E-state index in [4.69, 9.17) is 16.3 Å². The van der Waals surface area contributed by atoms with Crippen molar-refractivity contribution in [2.24, 2.45) is 17.8 Å². The lowest BCUT2D eigenvalue weighted by molar-refractivity contribution is -0.0495. The lowest BCUT2D eigenvalue weighted by Crippen LogP contribution is -2.31. The topological polar surface area (TPSA) is 69.0 Å². The van der Waals surface area contributed by atoms with Crippen molar-refractivity contribution in [2.75, 3.05) is 6.54 Å². The molecular formula is C24H33ClF2N4O2. The van der Waals surface area contributed by atoms with E-state index in [0.29, 0.717) is 42.7 Å². The number of aromatic nitrogens is 3. The minimum absolute atomic E-state index is 0.0320. The second-order valence-electron chi connectivity index (χ2n) is 9.31. The van der Waals surface area contributed by atoms with Crippen LogP contribution in [-0.4, -0.2) is 33.8 Å². The third-order valence-corrected chi connectivity index (χ3v) is 6.47. The van der Waals surface area contributed by atoms with Crippen molar-refractivity contribution in [1.82, 2.24) is 20.1 Å². The lowest BCUT2D eigenvalue weighted by atomic mass is 9.83. The summed E-state index contributed by atoms with van der Waals surface area (Å²) in [6.07, 6.45) is 6.61. The molecule has 0 saturated heterocycles. The van der Waals surface area contributed by atoms with E-state index >= 15 is 0 Å². The number of alkyl halides is 2. The minimum atomic E-state index is -3.00. The Kier molecular flexibility index (Phi) is 8.68. The van der Waals surface area contributed by atoms with Gasteiger partial charge in [-0.2, -0.15) is 13.9 Å². The van der Waals surface area contributed by atoms with E-state index < -0.39 is 6.61 Å². The van der Waals surface area contributed by atoms with Gasteiger partial charge in [-0.05, 0) is 43.9 Å². The highest BCUT2D eigenvalue weighted by molar-refractivity contribution is 6.36. The van der Waals surface area contributed by atoms with Crippen LogP contribution in [0.3, 0.4) is 0 Å². The molecule has 0 atom stereocenters. The van der Waals surface area contributed by atoms with Gasteiger partial charge in [0.25, 0.3) is 5.91 Å². The summed E-state index contributed by atoms with van der Waals surface area (Å²) in [5.41, 5.74) is 1.34. The number of hydrogen-bond donors (Lipinski definition) is 1. The number of rotatable bonds is 9. The Morgan fingerprint density at radius 3 is 2.61 bits per heavy atom. The molecule has 1 N–H and O–H groups in total. The number of nitrogens with one attached hydrogen (secondary N) is 1. The van der Waals surface area contributed by atoms with Gasteiger partial charge in [0.15, 0.2) is 5.69 Å². The van der Waals surface area contributed by atoms with Crippen molar-refractivity contribution in [3.05, 3.63) is 28.7 Å². The van der Waals surface area contributed by atoms with E-state index in [0.717, 1.165) is 18.8 Å². The second-order valence-corrected chi connectivity index (χ2v) is 9.69. The van der Waals surface area contributed by atoms with Gasteiger partial charge in [-0.25, -0.2) is 0 Å². The van der Waals surface area contributed by atoms with E-state index in [1.807, 2.05) is 20.8 Å². The molecule has 9 heteroatoms. The fourth-order valence-electron chi connectivity index (χ4n) is 4.30. The van der Waals surface area contributed by atoms with Gasteiger partial charge in [0.1, 0.15) is 5.75 Å². The summed E-state index contributed by atoms with van der Waals surface area (Å²) < 4.78 is 32.7. The molecule has 0 aromatic carbocycles. The Labute approximate surface area is 199 Å². The van der Waals surface area contributed by atoms with Crippen LogP contribution in [0.25, 0.3) is 11.3 Å². The Bertz CT molecular complexity index is 956. The molecule has 1 amide bonds. The summed E-state index contributed by atoms with van der Waals surface area (Å²) in [7, 11) is 0. The molecule has 0 unspecified atom stereocenters. The van der Waals surface area contributed by atoms with Crippen LogP contribution < -0.4 is 10.1 Å². The zero-order chi connectivity index (χ0) is 24.1. The highest BCUT2D eigenvalue weighted by atomic mass is 35.5. The molecule has 1 aliphatic rings. The van der Waals surface area contributed by atoms with Crippen LogP contribution in [0.2, 0.25) is 5.02 Å². The number of aryl methyl sites for hydroxylation is 1. The number of pyridine rings is 1. The lowest BCUT2D eigenvalue weighted by Gasteiger charge is -2.26. The zero-order valence-electron chi connectivity index (χ0n) is 19.7. The summed E-state index contributed by atoms with van der Waals surface area (Å²) in [4.78, 5) is 17.3. The number of halogens is 3. The van der Waals surface area contributed by atoms with Crippen LogP contribution in [-0.2, 0) is 13.0 Å². The van der Waals surface area contributed by atoms with Gasteiger partial charge in [0.05, 0.1) is 16.3 Å². The molecule has 6 nitrogen and oxygen atoms in total.